The van der Waals surface area contributed by atoms with Crippen molar-refractivity contribution in [2.24, 2.45) is 0 Å². The van der Waals surface area contributed by atoms with E-state index in [0.29, 0.717) is 0 Å². The summed E-state index contributed by atoms with van der Waals surface area (Å²) in [5.74, 6) is 0. The van der Waals surface area contributed by atoms with E-state index < -0.39 is 0 Å². The van der Waals surface area contributed by atoms with Crippen LogP contribution >= 0.6 is 0 Å². The average molecular weight is 139 g/mol. The molecule has 0 aliphatic heterocycles. The summed E-state index contributed by atoms with van der Waals surface area (Å²) in [4.78, 5) is 0. The van der Waals surface area contributed by atoms with E-state index in [9.17, 15) is 0 Å². The van der Waals surface area contributed by atoms with Gasteiger partial charge in [0, 0.05) is 18.6 Å². The molecule has 1 nitrogen and oxygen atoms in total. The predicted molar refractivity (Wildman–Crippen MR) is 28.6 cm³/mol. The van der Waals surface area contributed by atoms with Crippen molar-refractivity contribution in [3.63, 3.8) is 0 Å². The maximum absolute atomic E-state index is 2.18. The fourth-order valence-corrected chi connectivity index (χ4v) is 0. The van der Waals surface area contributed by atoms with Gasteiger partial charge in [0.1, 0.15) is 0 Å². The third-order valence-corrected chi connectivity index (χ3v) is 0.949. The fourth-order valence-electron chi connectivity index (χ4n) is 0. The second-order valence-corrected chi connectivity index (χ2v) is 2.61. The Labute approximate surface area is 58.2 Å². The molecule has 1 radical (unpaired) electrons. The molecule has 0 unspecified atom stereocenters. The molecule has 0 bridgehead atoms. The third kappa shape index (κ3) is 10.8. The third-order valence-electron chi connectivity index (χ3n) is 0.949. The van der Waals surface area contributed by atoms with Crippen LogP contribution in [0.4, 0.5) is 0 Å². The summed E-state index contributed by atoms with van der Waals surface area (Å²) in [6.45, 7) is 3.39. The molecule has 0 aromatic carbocycles. The molecule has 43 valence electrons. The molecule has 0 heterocycles. The van der Waals surface area contributed by atoms with Crippen molar-refractivity contribution >= 4 is 0 Å². The van der Waals surface area contributed by atoms with Gasteiger partial charge < -0.3 is 4.48 Å². The minimum atomic E-state index is 0. The van der Waals surface area contributed by atoms with Crippen LogP contribution in [0.25, 0.3) is 0 Å². The van der Waals surface area contributed by atoms with E-state index in [0.717, 1.165) is 4.48 Å². The maximum Gasteiger partial charge on any atom is 0.0751 e. The van der Waals surface area contributed by atoms with Crippen LogP contribution in [-0.2, 0) is 18.6 Å². The Morgan fingerprint density at radius 3 is 1.29 bits per heavy atom. The second-order valence-electron chi connectivity index (χ2n) is 2.61. The Morgan fingerprint density at radius 2 is 1.29 bits per heavy atom. The Hall–Kier alpha value is 0.544. The molecule has 2 heteroatoms. The van der Waals surface area contributed by atoms with E-state index >= 15 is 0 Å². The number of nitrogens with zero attached hydrogens (tertiary/aromatic N) is 1. The van der Waals surface area contributed by atoms with Crippen LogP contribution in [0.2, 0.25) is 0 Å². The van der Waals surface area contributed by atoms with Gasteiger partial charge in [0.25, 0.3) is 0 Å². The van der Waals surface area contributed by atoms with Gasteiger partial charge in [0.2, 0.25) is 0 Å². The van der Waals surface area contributed by atoms with Crippen molar-refractivity contribution in [2.75, 3.05) is 27.7 Å². The summed E-state index contributed by atoms with van der Waals surface area (Å²) in [5.41, 5.74) is 0. The van der Waals surface area contributed by atoms with Crippen LogP contribution in [0, 0.1) is 0 Å². The molecule has 0 amide bonds. The van der Waals surface area contributed by atoms with Crippen LogP contribution in [0.15, 0.2) is 0 Å². The Kier molecular flexibility index (Phi) is 5.31. The van der Waals surface area contributed by atoms with E-state index in [1.54, 1.807) is 0 Å². The Morgan fingerprint density at radius 1 is 1.14 bits per heavy atom. The first-order valence-corrected chi connectivity index (χ1v) is 2.36. The quantitative estimate of drug-likeness (QED) is 0.469. The molecule has 0 rings (SSSR count). The molecule has 0 spiro atoms. The molecule has 7 heavy (non-hydrogen) atoms. The van der Waals surface area contributed by atoms with E-state index in [1.165, 1.54) is 6.54 Å². The monoisotopic (exact) mass is 139 g/mol. The molecule has 0 aliphatic rings. The van der Waals surface area contributed by atoms with Gasteiger partial charge in [-0.15, -0.1) is 0 Å². The first kappa shape index (κ1) is 10.5. The molecule has 0 aliphatic carbocycles. The number of quaternary nitrogens is 1. The van der Waals surface area contributed by atoms with Crippen molar-refractivity contribution in [3.05, 3.63) is 0 Å². The van der Waals surface area contributed by atoms with Crippen LogP contribution in [0.5, 0.6) is 0 Å². The van der Waals surface area contributed by atoms with Gasteiger partial charge in [0.05, 0.1) is 27.7 Å². The molecular formula is C5H14NV+. The van der Waals surface area contributed by atoms with Gasteiger partial charge in [-0.05, 0) is 6.92 Å². The van der Waals surface area contributed by atoms with E-state index in [1.807, 2.05) is 0 Å². The van der Waals surface area contributed by atoms with Gasteiger partial charge in [-0.3, -0.25) is 0 Å². The van der Waals surface area contributed by atoms with Crippen molar-refractivity contribution < 1.29 is 23.0 Å². The molecular weight excluding hydrogens is 125 g/mol. The molecule has 0 aromatic rings. The molecule has 0 saturated heterocycles. The number of hydrogen-bond acceptors (Lipinski definition) is 0. The summed E-state index contributed by atoms with van der Waals surface area (Å²) in [5, 5.41) is 0. The standard InChI is InChI=1S/C5H14N.V/c1-5-6(2,3)4;/h5H2,1-4H3;/q+1;. The van der Waals surface area contributed by atoms with Crippen LogP contribution in [0.3, 0.4) is 0 Å². The van der Waals surface area contributed by atoms with Crippen molar-refractivity contribution in [2.45, 2.75) is 6.92 Å². The average Bonchev–Trinajstić information content (AvgIpc) is 1.35. The summed E-state index contributed by atoms with van der Waals surface area (Å²) in [6, 6.07) is 0. The minimum Gasteiger partial charge on any atom is -0.331 e. The molecule has 0 N–H and O–H groups in total. The van der Waals surface area contributed by atoms with E-state index in [4.69, 9.17) is 0 Å². The largest absolute Gasteiger partial charge is 0.331 e. The first-order valence-electron chi connectivity index (χ1n) is 2.36. The smallest absolute Gasteiger partial charge is 0.0751 e. The second kappa shape index (κ2) is 3.53. The summed E-state index contributed by atoms with van der Waals surface area (Å²) in [7, 11) is 6.54. The topological polar surface area (TPSA) is 0 Å². The van der Waals surface area contributed by atoms with Crippen molar-refractivity contribution in [1.29, 1.82) is 0 Å². The zero-order valence-corrected chi connectivity index (χ0v) is 7.00. The molecule has 0 fully saturated rings. The summed E-state index contributed by atoms with van der Waals surface area (Å²) in [6.07, 6.45) is 0. The van der Waals surface area contributed by atoms with Crippen molar-refractivity contribution in [1.82, 2.24) is 0 Å². The Balaban J connectivity index is 0. The van der Waals surface area contributed by atoms with Crippen molar-refractivity contribution in [3.8, 4) is 0 Å². The van der Waals surface area contributed by atoms with Gasteiger partial charge >= 0.3 is 0 Å². The number of rotatable bonds is 1. The van der Waals surface area contributed by atoms with Gasteiger partial charge in [-0.2, -0.15) is 0 Å². The first-order chi connectivity index (χ1) is 2.56. The van der Waals surface area contributed by atoms with Crippen LogP contribution in [-0.4, -0.2) is 32.2 Å². The SMILES string of the molecule is CC[N+](C)(C)C.[V]. The molecule has 0 aromatic heterocycles. The minimum absolute atomic E-state index is 0. The number of hydrogen-bond donors (Lipinski definition) is 0. The normalized spacial score (nSPS) is 10.3. The fraction of sp³-hybridized carbons (Fsp3) is 1.00. The van der Waals surface area contributed by atoms with Gasteiger partial charge in [0.15, 0.2) is 0 Å². The molecule has 0 saturated carbocycles. The van der Waals surface area contributed by atoms with Crippen LogP contribution < -0.4 is 0 Å². The Bertz CT molecular complexity index is 37.8. The zero-order chi connectivity index (χ0) is 5.21. The van der Waals surface area contributed by atoms with E-state index in [-0.39, 0.29) is 18.6 Å². The maximum atomic E-state index is 2.18. The predicted octanol–water partition coefficient (Wildman–Crippen LogP) is 0.710. The van der Waals surface area contributed by atoms with Crippen LogP contribution in [0.1, 0.15) is 6.92 Å². The summed E-state index contributed by atoms with van der Waals surface area (Å²) < 4.78 is 1.07. The zero-order valence-electron chi connectivity index (χ0n) is 5.60. The summed E-state index contributed by atoms with van der Waals surface area (Å²) >= 11 is 0. The van der Waals surface area contributed by atoms with Gasteiger partial charge in [-0.25, -0.2) is 0 Å². The molecule has 0 atom stereocenters. The van der Waals surface area contributed by atoms with Gasteiger partial charge in [-0.1, -0.05) is 0 Å². The van der Waals surface area contributed by atoms with E-state index in [2.05, 4.69) is 28.1 Å².